The molecule has 17 heavy (non-hydrogen) atoms. The average Bonchev–Trinajstić information content (AvgIpc) is 2.98. The minimum atomic E-state index is 0.233. The number of rotatable bonds is 2. The molecular weight excluding hydrogens is 222 g/mol. The summed E-state index contributed by atoms with van der Waals surface area (Å²) < 4.78 is 5.05. The van der Waals surface area contributed by atoms with Crippen LogP contribution in [-0.2, 0) is 7.05 Å². The van der Waals surface area contributed by atoms with E-state index in [0.29, 0.717) is 11.6 Å². The van der Waals surface area contributed by atoms with Crippen LogP contribution in [0.4, 0.5) is 0 Å². The lowest BCUT2D eigenvalue weighted by molar-refractivity contribution is 0.429. The fraction of sp³-hybridized carbons (Fsp3) is 0.111. The van der Waals surface area contributed by atoms with Gasteiger partial charge in [0.05, 0.1) is 7.05 Å². The van der Waals surface area contributed by atoms with Gasteiger partial charge >= 0.3 is 0 Å². The van der Waals surface area contributed by atoms with Gasteiger partial charge in [-0.2, -0.15) is 9.78 Å². The summed E-state index contributed by atoms with van der Waals surface area (Å²) >= 11 is 0. The molecule has 3 rings (SSSR count). The molecule has 8 heteroatoms. The maximum atomic E-state index is 5.05. The predicted molar refractivity (Wildman–Crippen MR) is 55.3 cm³/mol. The maximum Gasteiger partial charge on any atom is 0.299 e. The minimum absolute atomic E-state index is 0.233. The highest BCUT2D eigenvalue weighted by molar-refractivity contribution is 5.54. The molecule has 0 atom stereocenters. The summed E-state index contributed by atoms with van der Waals surface area (Å²) in [6, 6.07) is 3.64. The van der Waals surface area contributed by atoms with Crippen molar-refractivity contribution in [1.82, 2.24) is 35.3 Å². The number of aromatic nitrogens is 7. The number of tetrazole rings is 1. The normalized spacial score (nSPS) is 10.6. The van der Waals surface area contributed by atoms with Gasteiger partial charge in [-0.15, -0.1) is 10.2 Å². The second-order valence-corrected chi connectivity index (χ2v) is 3.27. The lowest BCUT2D eigenvalue weighted by Gasteiger charge is -1.89. The monoisotopic (exact) mass is 229 g/mol. The Morgan fingerprint density at radius 1 is 1.29 bits per heavy atom. The van der Waals surface area contributed by atoms with E-state index in [-0.39, 0.29) is 5.89 Å². The molecule has 0 aliphatic heterocycles. The zero-order chi connectivity index (χ0) is 11.7. The van der Waals surface area contributed by atoms with Gasteiger partial charge in [-0.3, -0.25) is 4.98 Å². The van der Waals surface area contributed by atoms with Crippen LogP contribution >= 0.6 is 0 Å². The average molecular weight is 229 g/mol. The van der Waals surface area contributed by atoms with E-state index < -0.39 is 0 Å². The van der Waals surface area contributed by atoms with Gasteiger partial charge < -0.3 is 4.52 Å². The van der Waals surface area contributed by atoms with E-state index in [2.05, 4.69) is 30.5 Å². The van der Waals surface area contributed by atoms with Gasteiger partial charge in [-0.05, 0) is 17.3 Å². The standard InChI is InChI=1S/C9H7N7O/c1-16-13-8(12-15-16)9-11-7(14-17-9)6-3-2-4-10-5-6/h2-5H,1H3. The third kappa shape index (κ3) is 1.75. The van der Waals surface area contributed by atoms with E-state index >= 15 is 0 Å². The van der Waals surface area contributed by atoms with Crippen molar-refractivity contribution in [3.63, 3.8) is 0 Å². The van der Waals surface area contributed by atoms with Crippen LogP contribution in [0, 0.1) is 0 Å². The van der Waals surface area contributed by atoms with Crippen LogP contribution in [0.1, 0.15) is 0 Å². The first-order valence-electron chi connectivity index (χ1n) is 4.81. The summed E-state index contributed by atoms with van der Waals surface area (Å²) in [4.78, 5) is 9.47. The van der Waals surface area contributed by atoms with Crippen molar-refractivity contribution in [3.8, 4) is 23.1 Å². The zero-order valence-electron chi connectivity index (χ0n) is 8.85. The molecule has 8 nitrogen and oxygen atoms in total. The highest BCUT2D eigenvalue weighted by atomic mass is 16.5. The molecule has 0 fully saturated rings. The zero-order valence-corrected chi connectivity index (χ0v) is 8.85. The molecule has 0 amide bonds. The molecule has 3 aromatic rings. The fourth-order valence-electron chi connectivity index (χ4n) is 1.30. The van der Waals surface area contributed by atoms with Crippen LogP contribution in [0.3, 0.4) is 0 Å². The lowest BCUT2D eigenvalue weighted by atomic mass is 10.3. The van der Waals surface area contributed by atoms with Crippen LogP contribution in [0.15, 0.2) is 29.0 Å². The summed E-state index contributed by atoms with van der Waals surface area (Å²) in [5.41, 5.74) is 0.770. The summed E-state index contributed by atoms with van der Waals surface area (Å²) in [7, 11) is 1.66. The van der Waals surface area contributed by atoms with Gasteiger partial charge in [-0.25, -0.2) is 0 Å². The molecule has 0 aliphatic carbocycles. The Bertz CT molecular complexity index is 630. The number of aryl methyl sites for hydroxylation is 1. The van der Waals surface area contributed by atoms with Gasteiger partial charge in [0, 0.05) is 18.0 Å². The highest BCUT2D eigenvalue weighted by Gasteiger charge is 2.14. The van der Waals surface area contributed by atoms with E-state index in [4.69, 9.17) is 4.52 Å². The number of nitrogens with zero attached hydrogens (tertiary/aromatic N) is 7. The summed E-state index contributed by atoms with van der Waals surface area (Å²) in [5, 5.41) is 15.3. The van der Waals surface area contributed by atoms with Crippen molar-refractivity contribution in [2.24, 2.45) is 7.05 Å². The van der Waals surface area contributed by atoms with Crippen molar-refractivity contribution in [2.75, 3.05) is 0 Å². The summed E-state index contributed by atoms with van der Waals surface area (Å²) in [6.07, 6.45) is 3.33. The largest absolute Gasteiger partial charge is 0.330 e. The Morgan fingerprint density at radius 2 is 2.24 bits per heavy atom. The third-order valence-corrected chi connectivity index (χ3v) is 2.05. The molecule has 84 valence electrons. The number of pyridine rings is 1. The van der Waals surface area contributed by atoms with Crippen LogP contribution in [0.2, 0.25) is 0 Å². The lowest BCUT2D eigenvalue weighted by Crippen LogP contribution is -1.91. The van der Waals surface area contributed by atoms with E-state index in [9.17, 15) is 0 Å². The Labute approximate surface area is 95.3 Å². The Hall–Kier alpha value is -2.64. The van der Waals surface area contributed by atoms with Gasteiger partial charge in [-0.1, -0.05) is 5.16 Å². The van der Waals surface area contributed by atoms with E-state index in [1.807, 2.05) is 6.07 Å². The molecule has 0 saturated carbocycles. The molecule has 0 N–H and O–H groups in total. The van der Waals surface area contributed by atoms with E-state index in [1.165, 1.54) is 4.80 Å². The van der Waals surface area contributed by atoms with E-state index in [0.717, 1.165) is 5.56 Å². The molecule has 3 aromatic heterocycles. The van der Waals surface area contributed by atoms with Crippen LogP contribution in [-0.4, -0.2) is 35.3 Å². The molecule has 0 bridgehead atoms. The maximum absolute atomic E-state index is 5.05. The van der Waals surface area contributed by atoms with Crippen molar-refractivity contribution < 1.29 is 4.52 Å². The SMILES string of the molecule is Cn1nnc(-c2nc(-c3cccnc3)no2)n1. The first-order chi connectivity index (χ1) is 8.33. The summed E-state index contributed by atoms with van der Waals surface area (Å²) in [5.74, 6) is 0.979. The van der Waals surface area contributed by atoms with Crippen molar-refractivity contribution >= 4 is 0 Å². The Balaban J connectivity index is 1.99. The molecule has 0 aliphatic rings. The van der Waals surface area contributed by atoms with Crippen molar-refractivity contribution in [3.05, 3.63) is 24.5 Å². The summed E-state index contributed by atoms with van der Waals surface area (Å²) in [6.45, 7) is 0. The van der Waals surface area contributed by atoms with E-state index in [1.54, 1.807) is 25.5 Å². The smallest absolute Gasteiger partial charge is 0.299 e. The predicted octanol–water partition coefficient (Wildman–Crippen LogP) is 0.322. The van der Waals surface area contributed by atoms with Gasteiger partial charge in [0.25, 0.3) is 11.7 Å². The molecule has 0 radical (unpaired) electrons. The first kappa shape index (κ1) is 9.58. The highest BCUT2D eigenvalue weighted by Crippen LogP contribution is 2.17. The fourth-order valence-corrected chi connectivity index (χ4v) is 1.30. The molecule has 3 heterocycles. The van der Waals surface area contributed by atoms with Crippen molar-refractivity contribution in [2.45, 2.75) is 0 Å². The van der Waals surface area contributed by atoms with Crippen LogP contribution in [0.5, 0.6) is 0 Å². The van der Waals surface area contributed by atoms with Crippen LogP contribution < -0.4 is 0 Å². The first-order valence-corrected chi connectivity index (χ1v) is 4.81. The third-order valence-electron chi connectivity index (χ3n) is 2.05. The molecule has 0 saturated heterocycles. The Kier molecular flexibility index (Phi) is 2.11. The second kappa shape index (κ2) is 3.74. The molecule has 0 spiro atoms. The minimum Gasteiger partial charge on any atom is -0.330 e. The number of hydrogen-bond donors (Lipinski definition) is 0. The molecule has 0 unspecified atom stereocenters. The Morgan fingerprint density at radius 3 is 2.94 bits per heavy atom. The topological polar surface area (TPSA) is 95.4 Å². The van der Waals surface area contributed by atoms with Crippen molar-refractivity contribution in [1.29, 1.82) is 0 Å². The van der Waals surface area contributed by atoms with Crippen LogP contribution in [0.25, 0.3) is 23.1 Å². The van der Waals surface area contributed by atoms with Gasteiger partial charge in [0.15, 0.2) is 0 Å². The molecule has 0 aromatic carbocycles. The number of hydrogen-bond acceptors (Lipinski definition) is 7. The second-order valence-electron chi connectivity index (χ2n) is 3.27. The van der Waals surface area contributed by atoms with Gasteiger partial charge in [0.1, 0.15) is 0 Å². The molecular formula is C9H7N7O. The van der Waals surface area contributed by atoms with Gasteiger partial charge in [0.2, 0.25) is 5.82 Å². The quantitative estimate of drug-likeness (QED) is 0.624.